The van der Waals surface area contributed by atoms with Crippen LogP contribution in [-0.4, -0.2) is 20.7 Å². The van der Waals surface area contributed by atoms with Crippen LogP contribution in [0, 0.1) is 0 Å². The molecular formula is C11H12N4. The Kier molecular flexibility index (Phi) is 2.88. The fraction of sp³-hybridized carbons (Fsp3) is 0.182. The van der Waals surface area contributed by atoms with Gasteiger partial charge in [0.1, 0.15) is 0 Å². The van der Waals surface area contributed by atoms with Gasteiger partial charge in [-0.1, -0.05) is 0 Å². The van der Waals surface area contributed by atoms with Crippen molar-refractivity contribution in [2.24, 2.45) is 4.99 Å². The van der Waals surface area contributed by atoms with Gasteiger partial charge in [-0.25, -0.2) is 4.98 Å². The number of nitrogens with zero attached hydrogens (tertiary/aromatic N) is 4. The lowest BCUT2D eigenvalue weighted by Crippen LogP contribution is -1.98. The van der Waals surface area contributed by atoms with Gasteiger partial charge in [-0.3, -0.25) is 9.98 Å². The Bertz CT molecular complexity index is 445. The Balaban J connectivity index is 2.19. The summed E-state index contributed by atoms with van der Waals surface area (Å²) in [6.07, 6.45) is 8.90. The van der Waals surface area contributed by atoms with Gasteiger partial charge in [0.2, 0.25) is 0 Å². The minimum atomic E-state index is 0.836. The fourth-order valence-corrected chi connectivity index (χ4v) is 1.28. The summed E-state index contributed by atoms with van der Waals surface area (Å²) in [5.74, 6) is 0.862. The van der Waals surface area contributed by atoms with Crippen LogP contribution in [0.2, 0.25) is 0 Å². The smallest absolute Gasteiger partial charge is 0.151 e. The van der Waals surface area contributed by atoms with E-state index in [4.69, 9.17) is 0 Å². The average Bonchev–Trinajstić information content (AvgIpc) is 2.75. The van der Waals surface area contributed by atoms with Gasteiger partial charge in [-0.05, 0) is 19.1 Å². The summed E-state index contributed by atoms with van der Waals surface area (Å²) in [6.45, 7) is 2.97. The molecule has 2 rings (SSSR count). The Labute approximate surface area is 88.3 Å². The van der Waals surface area contributed by atoms with Gasteiger partial charge in [0.15, 0.2) is 5.82 Å². The molecule has 4 heteroatoms. The van der Waals surface area contributed by atoms with Crippen LogP contribution in [0.5, 0.6) is 0 Å². The molecule has 76 valence electrons. The maximum atomic E-state index is 4.29. The summed E-state index contributed by atoms with van der Waals surface area (Å²) in [6, 6.07) is 3.77. The molecule has 4 nitrogen and oxygen atoms in total. The zero-order valence-corrected chi connectivity index (χ0v) is 8.54. The number of aliphatic imine (C=N–C) groups is 1. The van der Waals surface area contributed by atoms with Crippen LogP contribution in [-0.2, 0) is 6.54 Å². The van der Waals surface area contributed by atoms with Crippen molar-refractivity contribution in [2.75, 3.05) is 0 Å². The van der Waals surface area contributed by atoms with Crippen molar-refractivity contribution in [3.8, 4) is 0 Å². The van der Waals surface area contributed by atoms with E-state index in [1.54, 1.807) is 24.8 Å². The Hall–Kier alpha value is -1.97. The second kappa shape index (κ2) is 4.50. The molecule has 15 heavy (non-hydrogen) atoms. The predicted molar refractivity (Wildman–Crippen MR) is 59.4 cm³/mol. The van der Waals surface area contributed by atoms with Crippen molar-refractivity contribution < 1.29 is 0 Å². The van der Waals surface area contributed by atoms with Gasteiger partial charge in [0, 0.05) is 25.1 Å². The van der Waals surface area contributed by atoms with Gasteiger partial charge >= 0.3 is 0 Å². The van der Waals surface area contributed by atoms with Crippen molar-refractivity contribution in [3.63, 3.8) is 0 Å². The second-order valence-electron chi connectivity index (χ2n) is 3.04. The van der Waals surface area contributed by atoms with E-state index >= 15 is 0 Å². The average molecular weight is 200 g/mol. The highest BCUT2D eigenvalue weighted by Crippen LogP contribution is 2.07. The molecule has 0 fully saturated rings. The van der Waals surface area contributed by atoms with Crippen LogP contribution in [0.15, 0.2) is 41.9 Å². The molecule has 0 amide bonds. The lowest BCUT2D eigenvalue weighted by atomic mass is 10.4. The molecule has 0 N–H and O–H groups in total. The first-order chi connectivity index (χ1) is 7.40. The third-order valence-corrected chi connectivity index (χ3v) is 2.06. The van der Waals surface area contributed by atoms with E-state index in [2.05, 4.69) is 21.9 Å². The van der Waals surface area contributed by atoms with E-state index in [0.29, 0.717) is 0 Å². The molecule has 2 aromatic rings. The molecule has 0 saturated carbocycles. The maximum Gasteiger partial charge on any atom is 0.151 e. The van der Waals surface area contributed by atoms with Crippen molar-refractivity contribution in [1.29, 1.82) is 0 Å². The first kappa shape index (κ1) is 9.58. The number of aryl methyl sites for hydroxylation is 1. The minimum Gasteiger partial charge on any atom is -0.330 e. The Morgan fingerprint density at radius 3 is 3.13 bits per heavy atom. The number of hydrogen-bond acceptors (Lipinski definition) is 3. The molecule has 0 radical (unpaired) electrons. The van der Waals surface area contributed by atoms with Gasteiger partial charge < -0.3 is 4.57 Å². The van der Waals surface area contributed by atoms with Crippen LogP contribution < -0.4 is 0 Å². The summed E-state index contributed by atoms with van der Waals surface area (Å²) in [5, 5.41) is 0. The topological polar surface area (TPSA) is 43.1 Å². The zero-order chi connectivity index (χ0) is 10.5. The molecule has 0 spiro atoms. The summed E-state index contributed by atoms with van der Waals surface area (Å²) in [7, 11) is 0. The molecule has 0 aliphatic carbocycles. The molecule has 2 aromatic heterocycles. The highest BCUT2D eigenvalue weighted by molar-refractivity contribution is 5.77. The van der Waals surface area contributed by atoms with Gasteiger partial charge in [0.05, 0.1) is 18.1 Å². The molecule has 0 bridgehead atoms. The molecule has 0 saturated heterocycles. The molecule has 0 atom stereocenters. The van der Waals surface area contributed by atoms with E-state index in [9.17, 15) is 0 Å². The summed E-state index contributed by atoms with van der Waals surface area (Å²) < 4.78 is 2.03. The van der Waals surface area contributed by atoms with Crippen LogP contribution in [0.1, 0.15) is 12.7 Å². The normalized spacial score (nSPS) is 11.0. The monoisotopic (exact) mass is 200 g/mol. The quantitative estimate of drug-likeness (QED) is 0.711. The molecule has 0 aromatic carbocycles. The minimum absolute atomic E-state index is 0.836. The van der Waals surface area contributed by atoms with Crippen LogP contribution >= 0.6 is 0 Å². The van der Waals surface area contributed by atoms with E-state index in [1.807, 2.05) is 22.9 Å². The van der Waals surface area contributed by atoms with Gasteiger partial charge in [-0.15, -0.1) is 0 Å². The second-order valence-corrected chi connectivity index (χ2v) is 3.04. The number of imidazole rings is 1. The molecule has 0 aliphatic rings. The highest BCUT2D eigenvalue weighted by atomic mass is 15.1. The predicted octanol–water partition coefficient (Wildman–Crippen LogP) is 2.05. The molecule has 0 aliphatic heterocycles. The van der Waals surface area contributed by atoms with E-state index in [1.165, 1.54) is 0 Å². The lowest BCUT2D eigenvalue weighted by Gasteiger charge is -1.98. The fourth-order valence-electron chi connectivity index (χ4n) is 1.28. The molecule has 2 heterocycles. The van der Waals surface area contributed by atoms with Crippen LogP contribution in [0.3, 0.4) is 0 Å². The number of pyridine rings is 1. The Morgan fingerprint density at radius 1 is 1.47 bits per heavy atom. The van der Waals surface area contributed by atoms with Crippen LogP contribution in [0.4, 0.5) is 5.69 Å². The van der Waals surface area contributed by atoms with Crippen molar-refractivity contribution >= 4 is 11.9 Å². The number of hydrogen-bond donors (Lipinski definition) is 0. The Morgan fingerprint density at radius 2 is 2.40 bits per heavy atom. The van der Waals surface area contributed by atoms with E-state index < -0.39 is 0 Å². The summed E-state index contributed by atoms with van der Waals surface area (Å²) in [4.78, 5) is 12.5. The summed E-state index contributed by atoms with van der Waals surface area (Å²) >= 11 is 0. The van der Waals surface area contributed by atoms with Gasteiger partial charge in [0.25, 0.3) is 0 Å². The number of aromatic nitrogens is 3. The molecule has 0 unspecified atom stereocenters. The first-order valence-electron chi connectivity index (χ1n) is 4.85. The van der Waals surface area contributed by atoms with E-state index in [-0.39, 0.29) is 0 Å². The summed E-state index contributed by atoms with van der Waals surface area (Å²) in [5.41, 5.74) is 0.836. The molecular weight excluding hydrogens is 188 g/mol. The highest BCUT2D eigenvalue weighted by Gasteiger charge is 1.95. The van der Waals surface area contributed by atoms with Crippen molar-refractivity contribution in [2.45, 2.75) is 13.5 Å². The van der Waals surface area contributed by atoms with Gasteiger partial charge in [-0.2, -0.15) is 0 Å². The maximum absolute atomic E-state index is 4.29. The first-order valence-corrected chi connectivity index (χ1v) is 4.85. The lowest BCUT2D eigenvalue weighted by molar-refractivity contribution is 0.755. The van der Waals surface area contributed by atoms with Crippen molar-refractivity contribution in [1.82, 2.24) is 14.5 Å². The third-order valence-electron chi connectivity index (χ3n) is 2.06. The number of rotatable bonds is 3. The van der Waals surface area contributed by atoms with E-state index in [0.717, 1.165) is 18.1 Å². The van der Waals surface area contributed by atoms with Crippen molar-refractivity contribution in [3.05, 3.63) is 42.7 Å². The standard InChI is InChI=1S/C11H12N4/c1-2-15-7-6-13-11(15)9-14-10-4-3-5-12-8-10/h3-9H,2H2,1H3. The largest absolute Gasteiger partial charge is 0.330 e. The third kappa shape index (κ3) is 2.28. The zero-order valence-electron chi connectivity index (χ0n) is 8.54. The SMILES string of the molecule is CCn1ccnc1C=Nc1cccnc1. The van der Waals surface area contributed by atoms with Crippen LogP contribution in [0.25, 0.3) is 0 Å².